The molecule has 0 spiro atoms. The van der Waals surface area contributed by atoms with Gasteiger partial charge in [0.25, 0.3) is 0 Å². The van der Waals surface area contributed by atoms with E-state index in [1.165, 1.54) is 23.3 Å². The average Bonchev–Trinajstić information content (AvgIpc) is 3.16. The molecule has 1 aliphatic carbocycles. The molecular weight excluding hydrogens is 286 g/mol. The first kappa shape index (κ1) is 15.4. The van der Waals surface area contributed by atoms with E-state index in [0.717, 1.165) is 25.9 Å². The summed E-state index contributed by atoms with van der Waals surface area (Å²) < 4.78 is 11.1. The van der Waals surface area contributed by atoms with Crippen molar-refractivity contribution in [1.82, 2.24) is 5.32 Å². The molecule has 1 aliphatic heterocycles. The molecule has 2 N–H and O–H groups in total. The van der Waals surface area contributed by atoms with Gasteiger partial charge in [0.15, 0.2) is 0 Å². The molecule has 1 fully saturated rings. The van der Waals surface area contributed by atoms with Crippen molar-refractivity contribution in [3.05, 3.63) is 21.9 Å². The van der Waals surface area contributed by atoms with Crippen LogP contribution < -0.4 is 5.32 Å². The number of aryl methyl sites for hydroxylation is 1. The van der Waals surface area contributed by atoms with Crippen LogP contribution >= 0.6 is 11.3 Å². The number of ether oxygens (including phenoxy) is 2. The highest BCUT2D eigenvalue weighted by Gasteiger charge is 2.21. The van der Waals surface area contributed by atoms with Crippen LogP contribution in [0.4, 0.5) is 0 Å². The molecule has 0 amide bonds. The quantitative estimate of drug-likeness (QED) is 0.811. The summed E-state index contributed by atoms with van der Waals surface area (Å²) in [4.78, 5) is 1.50. The van der Waals surface area contributed by atoms with Crippen molar-refractivity contribution in [1.29, 1.82) is 0 Å². The summed E-state index contributed by atoms with van der Waals surface area (Å²) >= 11 is 1.85. The number of hydrogen-bond acceptors (Lipinski definition) is 5. The fraction of sp³-hybridized carbons (Fsp3) is 0.750. The Hall–Kier alpha value is -0.460. The molecule has 0 aromatic carbocycles. The topological polar surface area (TPSA) is 50.7 Å². The van der Waals surface area contributed by atoms with E-state index in [2.05, 4.69) is 16.8 Å². The third-order valence-electron chi connectivity index (χ3n) is 4.29. The Morgan fingerprint density at radius 2 is 2.38 bits per heavy atom. The van der Waals surface area contributed by atoms with Crippen LogP contribution in [0.3, 0.4) is 0 Å². The number of rotatable bonds is 7. The van der Waals surface area contributed by atoms with Gasteiger partial charge in [0.1, 0.15) is 0 Å². The van der Waals surface area contributed by atoms with Crippen LogP contribution in [-0.2, 0) is 15.9 Å². The van der Waals surface area contributed by atoms with Crippen LogP contribution in [0.2, 0.25) is 0 Å². The van der Waals surface area contributed by atoms with E-state index in [0.29, 0.717) is 25.8 Å². The number of fused-ring (bicyclic) bond motifs is 1. The summed E-state index contributed by atoms with van der Waals surface area (Å²) in [5.41, 5.74) is 1.43. The largest absolute Gasteiger partial charge is 0.389 e. The SMILES string of the molecule is OC(CNC1CCCc2sccc21)COCC1CCCO1. The number of hydrogen-bond donors (Lipinski definition) is 2. The molecule has 1 aromatic rings. The minimum absolute atomic E-state index is 0.233. The molecule has 2 aliphatic rings. The van der Waals surface area contributed by atoms with Crippen LogP contribution in [0.25, 0.3) is 0 Å². The molecule has 3 unspecified atom stereocenters. The van der Waals surface area contributed by atoms with E-state index in [4.69, 9.17) is 9.47 Å². The van der Waals surface area contributed by atoms with Gasteiger partial charge in [0.05, 0.1) is 25.4 Å². The lowest BCUT2D eigenvalue weighted by Gasteiger charge is -2.25. The molecule has 0 saturated carbocycles. The molecule has 0 bridgehead atoms. The summed E-state index contributed by atoms with van der Waals surface area (Å²) in [5.74, 6) is 0. The minimum Gasteiger partial charge on any atom is -0.389 e. The molecule has 3 atom stereocenters. The van der Waals surface area contributed by atoms with E-state index in [-0.39, 0.29) is 6.10 Å². The van der Waals surface area contributed by atoms with Crippen molar-refractivity contribution >= 4 is 11.3 Å². The van der Waals surface area contributed by atoms with Gasteiger partial charge in [-0.25, -0.2) is 0 Å². The third kappa shape index (κ3) is 4.27. The van der Waals surface area contributed by atoms with Gasteiger partial charge in [-0.05, 0) is 49.1 Å². The average molecular weight is 311 g/mol. The van der Waals surface area contributed by atoms with E-state index >= 15 is 0 Å². The third-order valence-corrected chi connectivity index (χ3v) is 5.29. The van der Waals surface area contributed by atoms with Gasteiger partial charge in [0.2, 0.25) is 0 Å². The first-order chi connectivity index (χ1) is 10.3. The van der Waals surface area contributed by atoms with Gasteiger partial charge in [-0.15, -0.1) is 11.3 Å². The van der Waals surface area contributed by atoms with Crippen molar-refractivity contribution in [3.8, 4) is 0 Å². The monoisotopic (exact) mass is 311 g/mol. The van der Waals surface area contributed by atoms with Crippen molar-refractivity contribution in [2.45, 2.75) is 50.4 Å². The van der Waals surface area contributed by atoms with Gasteiger partial charge in [-0.1, -0.05) is 0 Å². The molecule has 1 saturated heterocycles. The molecular formula is C16H25NO3S. The molecule has 0 radical (unpaired) electrons. The van der Waals surface area contributed by atoms with Gasteiger partial charge >= 0.3 is 0 Å². The Morgan fingerprint density at radius 1 is 1.43 bits per heavy atom. The molecule has 4 nitrogen and oxygen atoms in total. The zero-order valence-corrected chi connectivity index (χ0v) is 13.2. The second-order valence-corrected chi connectivity index (χ2v) is 6.98. The molecule has 2 heterocycles. The van der Waals surface area contributed by atoms with E-state index in [1.807, 2.05) is 11.3 Å². The Balaban J connectivity index is 1.35. The van der Waals surface area contributed by atoms with Gasteiger partial charge < -0.3 is 19.9 Å². The highest BCUT2D eigenvalue weighted by molar-refractivity contribution is 7.10. The van der Waals surface area contributed by atoms with Gasteiger partial charge in [0, 0.05) is 24.1 Å². The first-order valence-corrected chi connectivity index (χ1v) is 8.88. The van der Waals surface area contributed by atoms with Gasteiger partial charge in [-0.3, -0.25) is 0 Å². The number of aliphatic hydroxyl groups excluding tert-OH is 1. The fourth-order valence-electron chi connectivity index (χ4n) is 3.15. The Morgan fingerprint density at radius 3 is 3.24 bits per heavy atom. The predicted molar refractivity (Wildman–Crippen MR) is 83.8 cm³/mol. The summed E-state index contributed by atoms with van der Waals surface area (Å²) in [6.45, 7) is 2.43. The molecule has 118 valence electrons. The van der Waals surface area contributed by atoms with Crippen molar-refractivity contribution in [3.63, 3.8) is 0 Å². The Bertz CT molecular complexity index is 431. The lowest BCUT2D eigenvalue weighted by molar-refractivity contribution is -0.0170. The zero-order chi connectivity index (χ0) is 14.5. The molecule has 3 rings (SSSR count). The summed E-state index contributed by atoms with van der Waals surface area (Å²) in [5, 5.41) is 15.7. The van der Waals surface area contributed by atoms with Crippen LogP contribution in [0.5, 0.6) is 0 Å². The van der Waals surface area contributed by atoms with Crippen molar-refractivity contribution < 1.29 is 14.6 Å². The van der Waals surface area contributed by atoms with Crippen molar-refractivity contribution in [2.24, 2.45) is 0 Å². The van der Waals surface area contributed by atoms with Gasteiger partial charge in [-0.2, -0.15) is 0 Å². The van der Waals surface area contributed by atoms with Crippen molar-refractivity contribution in [2.75, 3.05) is 26.4 Å². The second kappa shape index (κ2) is 7.70. The molecule has 1 aromatic heterocycles. The first-order valence-electron chi connectivity index (χ1n) is 8.00. The summed E-state index contributed by atoms with van der Waals surface area (Å²) in [7, 11) is 0. The predicted octanol–water partition coefficient (Wildman–Crippen LogP) is 2.27. The lowest BCUT2D eigenvalue weighted by Crippen LogP contribution is -2.34. The number of nitrogens with one attached hydrogen (secondary N) is 1. The zero-order valence-electron chi connectivity index (χ0n) is 12.4. The minimum atomic E-state index is -0.449. The smallest absolute Gasteiger partial charge is 0.0897 e. The van der Waals surface area contributed by atoms with Crippen LogP contribution in [-0.4, -0.2) is 43.7 Å². The van der Waals surface area contributed by atoms with E-state index < -0.39 is 6.10 Å². The Labute approximate surface area is 130 Å². The Kier molecular flexibility index (Phi) is 5.66. The summed E-state index contributed by atoms with van der Waals surface area (Å²) in [6, 6.07) is 2.62. The maximum absolute atomic E-state index is 10.0. The second-order valence-electron chi connectivity index (χ2n) is 5.98. The summed E-state index contributed by atoms with van der Waals surface area (Å²) in [6.07, 6.45) is 5.59. The number of thiophene rings is 1. The highest BCUT2D eigenvalue weighted by atomic mass is 32.1. The highest BCUT2D eigenvalue weighted by Crippen LogP contribution is 2.33. The maximum Gasteiger partial charge on any atom is 0.0897 e. The standard InChI is InChI=1S/C16H25NO3S/c18-12(10-19-11-13-3-2-7-20-13)9-17-15-4-1-5-16-14(15)6-8-21-16/h6,8,12-13,15,17-18H,1-5,7,9-11H2. The number of aliphatic hydroxyl groups is 1. The maximum atomic E-state index is 10.0. The van der Waals surface area contributed by atoms with E-state index in [1.54, 1.807) is 0 Å². The fourth-order valence-corrected chi connectivity index (χ4v) is 4.13. The van der Waals surface area contributed by atoms with E-state index in [9.17, 15) is 5.11 Å². The molecule has 21 heavy (non-hydrogen) atoms. The lowest BCUT2D eigenvalue weighted by atomic mass is 9.94. The van der Waals surface area contributed by atoms with Crippen LogP contribution in [0.1, 0.15) is 42.2 Å². The van der Waals surface area contributed by atoms with Crippen LogP contribution in [0.15, 0.2) is 11.4 Å². The van der Waals surface area contributed by atoms with Crippen LogP contribution in [0, 0.1) is 0 Å². The molecule has 5 heteroatoms. The normalized spacial score (nSPS) is 26.7.